The summed E-state index contributed by atoms with van der Waals surface area (Å²) in [6, 6.07) is 0. The fraction of sp³-hybridized carbons (Fsp3) is 1.00. The van der Waals surface area contributed by atoms with E-state index in [1.54, 1.807) is 0 Å². The molecule has 2 fully saturated rings. The lowest BCUT2D eigenvalue weighted by Gasteiger charge is -2.44. The highest BCUT2D eigenvalue weighted by molar-refractivity contribution is 4.95. The van der Waals surface area contributed by atoms with Gasteiger partial charge in [0.25, 0.3) is 0 Å². The molecule has 0 unspecified atom stereocenters. The van der Waals surface area contributed by atoms with Gasteiger partial charge in [0.1, 0.15) is 6.10 Å². The zero-order valence-corrected chi connectivity index (χ0v) is 9.50. The fourth-order valence-corrected chi connectivity index (χ4v) is 2.58. The lowest BCUT2D eigenvalue weighted by atomic mass is 9.92. The Morgan fingerprint density at radius 2 is 2.06 bits per heavy atom. The fourth-order valence-electron chi connectivity index (χ4n) is 2.58. The van der Waals surface area contributed by atoms with E-state index in [0.29, 0.717) is 19.3 Å². The maximum Gasteiger partial charge on any atom is 0.197 e. The number of rotatable bonds is 2. The Morgan fingerprint density at radius 3 is 2.62 bits per heavy atom. The van der Waals surface area contributed by atoms with Crippen molar-refractivity contribution in [3.05, 3.63) is 0 Å². The predicted octanol–water partition coefficient (Wildman–Crippen LogP) is -0.225. The summed E-state index contributed by atoms with van der Waals surface area (Å²) < 4.78 is 11.4. The van der Waals surface area contributed by atoms with Gasteiger partial charge in [0.15, 0.2) is 5.79 Å². The van der Waals surface area contributed by atoms with Crippen LogP contribution in [0.2, 0.25) is 0 Å². The Labute approximate surface area is 95.0 Å². The second-order valence-electron chi connectivity index (χ2n) is 4.78. The zero-order chi connectivity index (χ0) is 11.8. The van der Waals surface area contributed by atoms with Gasteiger partial charge in [0, 0.05) is 19.4 Å². The van der Waals surface area contributed by atoms with Crippen molar-refractivity contribution in [2.45, 2.75) is 62.8 Å². The molecule has 2 aliphatic rings. The molecular weight excluding hydrogens is 212 g/mol. The molecule has 5 atom stereocenters. The third-order valence-corrected chi connectivity index (χ3v) is 3.44. The van der Waals surface area contributed by atoms with E-state index in [1.807, 2.05) is 6.92 Å². The van der Waals surface area contributed by atoms with E-state index in [0.717, 1.165) is 6.42 Å². The van der Waals surface area contributed by atoms with Gasteiger partial charge in [-0.3, -0.25) is 0 Å². The minimum atomic E-state index is -1.06. The summed E-state index contributed by atoms with van der Waals surface area (Å²) >= 11 is 0. The third-order valence-electron chi connectivity index (χ3n) is 3.44. The molecule has 0 aliphatic carbocycles. The van der Waals surface area contributed by atoms with Crippen molar-refractivity contribution in [1.82, 2.24) is 0 Å². The highest BCUT2D eigenvalue weighted by Gasteiger charge is 2.53. The van der Waals surface area contributed by atoms with Gasteiger partial charge in [-0.2, -0.15) is 0 Å². The molecule has 0 radical (unpaired) electrons. The minimum Gasteiger partial charge on any atom is -0.396 e. The predicted molar refractivity (Wildman–Crippen MR) is 55.7 cm³/mol. The number of hydrogen-bond donors (Lipinski definition) is 3. The molecule has 0 aromatic carbocycles. The van der Waals surface area contributed by atoms with E-state index >= 15 is 0 Å². The van der Waals surface area contributed by atoms with Crippen LogP contribution in [0.3, 0.4) is 0 Å². The first-order valence-corrected chi connectivity index (χ1v) is 5.90. The van der Waals surface area contributed by atoms with Gasteiger partial charge in [-0.25, -0.2) is 0 Å². The summed E-state index contributed by atoms with van der Waals surface area (Å²) in [6.45, 7) is 1.94. The van der Waals surface area contributed by atoms with Crippen molar-refractivity contribution in [2.24, 2.45) is 0 Å². The summed E-state index contributed by atoms with van der Waals surface area (Å²) in [7, 11) is 0. The highest BCUT2D eigenvalue weighted by atomic mass is 16.7. The second-order valence-corrected chi connectivity index (χ2v) is 4.78. The van der Waals surface area contributed by atoms with Crippen LogP contribution in [-0.4, -0.2) is 52.1 Å². The molecule has 2 aliphatic heterocycles. The van der Waals surface area contributed by atoms with Crippen molar-refractivity contribution in [3.8, 4) is 0 Å². The smallest absolute Gasteiger partial charge is 0.197 e. The van der Waals surface area contributed by atoms with Crippen LogP contribution in [0, 0.1) is 0 Å². The molecule has 5 nitrogen and oxygen atoms in total. The largest absolute Gasteiger partial charge is 0.396 e. The number of hydrogen-bond acceptors (Lipinski definition) is 5. The van der Waals surface area contributed by atoms with Gasteiger partial charge in [-0.15, -0.1) is 0 Å². The molecule has 3 N–H and O–H groups in total. The van der Waals surface area contributed by atoms with Crippen LogP contribution in [0.25, 0.3) is 0 Å². The van der Waals surface area contributed by atoms with E-state index in [2.05, 4.69) is 0 Å². The summed E-state index contributed by atoms with van der Waals surface area (Å²) in [6.07, 6.45) is 0.181. The monoisotopic (exact) mass is 232 g/mol. The molecule has 2 saturated heterocycles. The Hall–Kier alpha value is -0.200. The van der Waals surface area contributed by atoms with E-state index in [1.165, 1.54) is 0 Å². The lowest BCUT2D eigenvalue weighted by molar-refractivity contribution is -0.331. The summed E-state index contributed by atoms with van der Waals surface area (Å²) in [5, 5.41) is 28.7. The quantitative estimate of drug-likeness (QED) is 0.613. The van der Waals surface area contributed by atoms with Crippen LogP contribution in [-0.2, 0) is 9.47 Å². The van der Waals surface area contributed by atoms with Gasteiger partial charge >= 0.3 is 0 Å². The Kier molecular flexibility index (Phi) is 3.51. The SMILES string of the molecule is C[C@H]1CC[C@@]2(O[C@@H](CCO)C[C@H](O)[C@H]2O)O1. The van der Waals surface area contributed by atoms with Crippen molar-refractivity contribution >= 4 is 0 Å². The summed E-state index contributed by atoms with van der Waals surface area (Å²) in [5.41, 5.74) is 0. The van der Waals surface area contributed by atoms with E-state index in [9.17, 15) is 10.2 Å². The van der Waals surface area contributed by atoms with Crippen LogP contribution in [0.1, 0.15) is 32.6 Å². The molecule has 0 amide bonds. The summed E-state index contributed by atoms with van der Waals surface area (Å²) in [4.78, 5) is 0. The normalized spacial score (nSPS) is 48.8. The lowest BCUT2D eigenvalue weighted by Crippen LogP contribution is -2.58. The molecule has 0 aromatic rings. The first kappa shape index (κ1) is 12.3. The Morgan fingerprint density at radius 1 is 1.31 bits per heavy atom. The standard InChI is InChI=1S/C11H20O5/c1-7-2-4-11(15-7)10(14)9(13)6-8(16-11)3-5-12/h7-10,12-14H,2-6H2,1H3/t7-,8-,9-,10+,11-/m0/s1. The van der Waals surface area contributed by atoms with Crippen LogP contribution < -0.4 is 0 Å². The van der Waals surface area contributed by atoms with Crippen molar-refractivity contribution in [2.75, 3.05) is 6.61 Å². The Bertz CT molecular complexity index is 247. The first-order valence-electron chi connectivity index (χ1n) is 5.90. The average Bonchev–Trinajstić information content (AvgIpc) is 2.58. The molecule has 2 heterocycles. The average molecular weight is 232 g/mol. The van der Waals surface area contributed by atoms with Gasteiger partial charge in [0.05, 0.1) is 18.3 Å². The number of aliphatic hydroxyl groups excluding tert-OH is 3. The van der Waals surface area contributed by atoms with E-state index < -0.39 is 18.0 Å². The highest BCUT2D eigenvalue weighted by Crippen LogP contribution is 2.41. The minimum absolute atomic E-state index is 0.0130. The van der Waals surface area contributed by atoms with Crippen molar-refractivity contribution < 1.29 is 24.8 Å². The first-order chi connectivity index (χ1) is 7.57. The van der Waals surface area contributed by atoms with Gasteiger partial charge < -0.3 is 24.8 Å². The topological polar surface area (TPSA) is 79.2 Å². The van der Waals surface area contributed by atoms with Crippen molar-refractivity contribution in [1.29, 1.82) is 0 Å². The number of ether oxygens (including phenoxy) is 2. The molecule has 2 rings (SSSR count). The zero-order valence-electron chi connectivity index (χ0n) is 9.50. The third kappa shape index (κ3) is 2.10. The molecule has 16 heavy (non-hydrogen) atoms. The maximum atomic E-state index is 9.97. The molecule has 0 aromatic heterocycles. The molecule has 0 saturated carbocycles. The van der Waals surface area contributed by atoms with Crippen LogP contribution >= 0.6 is 0 Å². The number of aliphatic hydroxyl groups is 3. The maximum absolute atomic E-state index is 9.97. The second kappa shape index (κ2) is 4.58. The summed E-state index contributed by atoms with van der Waals surface area (Å²) in [5.74, 6) is -1.06. The van der Waals surface area contributed by atoms with Crippen LogP contribution in [0.5, 0.6) is 0 Å². The van der Waals surface area contributed by atoms with E-state index in [4.69, 9.17) is 14.6 Å². The van der Waals surface area contributed by atoms with Gasteiger partial charge in [0.2, 0.25) is 0 Å². The molecular formula is C11H20O5. The van der Waals surface area contributed by atoms with Crippen molar-refractivity contribution in [3.63, 3.8) is 0 Å². The van der Waals surface area contributed by atoms with Gasteiger partial charge in [-0.05, 0) is 19.8 Å². The van der Waals surface area contributed by atoms with Crippen LogP contribution in [0.15, 0.2) is 0 Å². The van der Waals surface area contributed by atoms with E-state index in [-0.39, 0.29) is 18.8 Å². The Balaban J connectivity index is 2.09. The van der Waals surface area contributed by atoms with Gasteiger partial charge in [-0.1, -0.05) is 0 Å². The molecule has 1 spiro atoms. The van der Waals surface area contributed by atoms with Crippen LogP contribution in [0.4, 0.5) is 0 Å². The molecule has 0 bridgehead atoms. The molecule has 5 heteroatoms. The molecule has 94 valence electrons.